The van der Waals surface area contributed by atoms with E-state index in [0.29, 0.717) is 5.56 Å². The third kappa shape index (κ3) is 3.13. The Morgan fingerprint density at radius 1 is 1.12 bits per heavy atom. The summed E-state index contributed by atoms with van der Waals surface area (Å²) in [6.07, 6.45) is 0.900. The minimum atomic E-state index is 0.642. The van der Waals surface area contributed by atoms with Gasteiger partial charge in [0.25, 0.3) is 0 Å². The molecule has 5 nitrogen and oxygen atoms in total. The molecule has 1 aliphatic heterocycles. The average Bonchev–Trinajstić information content (AvgIpc) is 2.73. The number of aromatic nitrogens is 1. The maximum absolute atomic E-state index is 11.7. The number of methoxy groups -OCH3 is 1. The number of morpholine rings is 1. The lowest BCUT2D eigenvalue weighted by Gasteiger charge is -2.29. The topological polar surface area (TPSA) is 51.7 Å². The van der Waals surface area contributed by atoms with Gasteiger partial charge in [0.05, 0.1) is 31.5 Å². The molecule has 0 atom stereocenters. The molecule has 132 valence electrons. The Morgan fingerprint density at radius 2 is 1.96 bits per heavy atom. The van der Waals surface area contributed by atoms with Crippen molar-refractivity contribution in [1.82, 2.24) is 4.98 Å². The molecule has 1 fully saturated rings. The first-order chi connectivity index (χ1) is 12.8. The molecule has 4 rings (SSSR count). The van der Waals surface area contributed by atoms with Gasteiger partial charge in [-0.25, -0.2) is 4.98 Å². The molecule has 0 N–H and O–H groups in total. The van der Waals surface area contributed by atoms with E-state index in [2.05, 4.69) is 11.0 Å². The zero-order valence-electron chi connectivity index (χ0n) is 14.6. The molecule has 1 aliphatic rings. The number of carbonyl (C=O) groups excluding carboxylic acids is 1. The Labute approximate surface area is 152 Å². The molecule has 1 saturated heterocycles. The molecule has 5 heteroatoms. The minimum absolute atomic E-state index is 0.642. The van der Waals surface area contributed by atoms with Crippen LogP contribution in [0.1, 0.15) is 10.4 Å². The van der Waals surface area contributed by atoms with E-state index in [1.807, 2.05) is 42.5 Å². The zero-order chi connectivity index (χ0) is 17.9. The first-order valence-corrected chi connectivity index (χ1v) is 8.65. The Hall–Kier alpha value is -2.92. The third-order valence-corrected chi connectivity index (χ3v) is 4.69. The van der Waals surface area contributed by atoms with Crippen molar-refractivity contribution in [1.29, 1.82) is 0 Å². The van der Waals surface area contributed by atoms with E-state index in [9.17, 15) is 4.79 Å². The highest BCUT2D eigenvalue weighted by Gasteiger charge is 2.14. The van der Waals surface area contributed by atoms with Crippen LogP contribution in [0.25, 0.3) is 22.2 Å². The van der Waals surface area contributed by atoms with Crippen molar-refractivity contribution in [3.63, 3.8) is 0 Å². The molecule has 0 spiro atoms. The molecule has 3 aromatic rings. The highest BCUT2D eigenvalue weighted by atomic mass is 16.5. The summed E-state index contributed by atoms with van der Waals surface area (Å²) in [6, 6.07) is 15.6. The Balaban J connectivity index is 1.79. The first-order valence-electron chi connectivity index (χ1n) is 8.65. The predicted molar refractivity (Wildman–Crippen MR) is 102 cm³/mol. The summed E-state index contributed by atoms with van der Waals surface area (Å²) in [5.74, 6) is 0.764. The van der Waals surface area contributed by atoms with Gasteiger partial charge >= 0.3 is 0 Å². The number of nitrogens with zero attached hydrogens (tertiary/aromatic N) is 2. The number of rotatable bonds is 4. The van der Waals surface area contributed by atoms with Crippen molar-refractivity contribution in [2.24, 2.45) is 0 Å². The van der Waals surface area contributed by atoms with Crippen molar-refractivity contribution in [3.8, 4) is 17.0 Å². The average molecular weight is 348 g/mol. The molecule has 2 heterocycles. The summed E-state index contributed by atoms with van der Waals surface area (Å²) in [5, 5.41) is 0.871. The van der Waals surface area contributed by atoms with Gasteiger partial charge in [0, 0.05) is 35.3 Å². The summed E-state index contributed by atoms with van der Waals surface area (Å²) in [6.45, 7) is 3.17. The van der Waals surface area contributed by atoms with Crippen LogP contribution in [0.3, 0.4) is 0 Å². The number of benzene rings is 2. The fourth-order valence-corrected chi connectivity index (χ4v) is 3.29. The lowest BCUT2D eigenvalue weighted by Crippen LogP contribution is -2.36. The van der Waals surface area contributed by atoms with Gasteiger partial charge in [0.1, 0.15) is 5.75 Å². The number of hydrogen-bond acceptors (Lipinski definition) is 5. The van der Waals surface area contributed by atoms with Gasteiger partial charge in [-0.05, 0) is 36.4 Å². The number of ether oxygens (including phenoxy) is 2. The van der Waals surface area contributed by atoms with Crippen LogP contribution in [0.2, 0.25) is 0 Å². The molecular weight excluding hydrogens is 328 g/mol. The van der Waals surface area contributed by atoms with E-state index < -0.39 is 0 Å². The van der Waals surface area contributed by atoms with Gasteiger partial charge in [0.2, 0.25) is 0 Å². The van der Waals surface area contributed by atoms with E-state index in [4.69, 9.17) is 14.5 Å². The number of carbonyl (C=O) groups is 1. The molecule has 0 radical (unpaired) electrons. The normalized spacial score (nSPS) is 14.4. The van der Waals surface area contributed by atoms with Crippen LogP contribution in [0.15, 0.2) is 48.5 Å². The fourth-order valence-electron chi connectivity index (χ4n) is 3.29. The molecule has 0 saturated carbocycles. The van der Waals surface area contributed by atoms with Gasteiger partial charge in [-0.1, -0.05) is 12.1 Å². The molecule has 0 unspecified atom stereocenters. The van der Waals surface area contributed by atoms with E-state index >= 15 is 0 Å². The molecular formula is C21H20N2O3. The lowest BCUT2D eigenvalue weighted by atomic mass is 10.0. The highest BCUT2D eigenvalue weighted by molar-refractivity contribution is 5.99. The number of hydrogen-bond donors (Lipinski definition) is 0. The largest absolute Gasteiger partial charge is 0.497 e. The number of aldehydes is 1. The second-order valence-corrected chi connectivity index (χ2v) is 6.25. The van der Waals surface area contributed by atoms with Crippen LogP contribution in [0.4, 0.5) is 5.69 Å². The van der Waals surface area contributed by atoms with Gasteiger partial charge < -0.3 is 14.4 Å². The second-order valence-electron chi connectivity index (χ2n) is 6.25. The Morgan fingerprint density at radius 3 is 2.73 bits per heavy atom. The minimum Gasteiger partial charge on any atom is -0.497 e. The van der Waals surface area contributed by atoms with Gasteiger partial charge in [-0.15, -0.1) is 0 Å². The maximum Gasteiger partial charge on any atom is 0.150 e. The first kappa shape index (κ1) is 16.5. The van der Waals surface area contributed by atoms with Crippen LogP contribution in [-0.2, 0) is 4.74 Å². The van der Waals surface area contributed by atoms with Crippen molar-refractivity contribution in [3.05, 3.63) is 54.1 Å². The zero-order valence-corrected chi connectivity index (χ0v) is 14.6. The van der Waals surface area contributed by atoms with Crippen LogP contribution in [0.5, 0.6) is 5.75 Å². The lowest BCUT2D eigenvalue weighted by molar-refractivity contribution is 0.112. The van der Waals surface area contributed by atoms with Crippen LogP contribution >= 0.6 is 0 Å². The monoisotopic (exact) mass is 348 g/mol. The molecule has 26 heavy (non-hydrogen) atoms. The number of fused-ring (bicyclic) bond motifs is 1. The number of pyridine rings is 1. The summed E-state index contributed by atoms with van der Waals surface area (Å²) < 4.78 is 10.7. The van der Waals surface area contributed by atoms with Crippen molar-refractivity contribution in [2.45, 2.75) is 0 Å². The molecule has 1 aromatic heterocycles. The Kier molecular flexibility index (Phi) is 4.54. The standard InChI is InChI=1S/C21H20N2O3/c1-25-18-4-2-3-15(11-18)21-12-16(14-24)19-13-17(5-6-20(19)22-21)23-7-9-26-10-8-23/h2-6,11-14H,7-10H2,1H3. The highest BCUT2D eigenvalue weighted by Crippen LogP contribution is 2.29. The van der Waals surface area contributed by atoms with Crippen molar-refractivity contribution < 1.29 is 14.3 Å². The quantitative estimate of drug-likeness (QED) is 0.675. The second kappa shape index (κ2) is 7.14. The van der Waals surface area contributed by atoms with E-state index in [0.717, 1.165) is 66.2 Å². The van der Waals surface area contributed by atoms with E-state index in [1.165, 1.54) is 0 Å². The van der Waals surface area contributed by atoms with Crippen LogP contribution < -0.4 is 9.64 Å². The predicted octanol–water partition coefficient (Wildman–Crippen LogP) is 3.56. The van der Waals surface area contributed by atoms with Crippen molar-refractivity contribution in [2.75, 3.05) is 38.3 Å². The van der Waals surface area contributed by atoms with Crippen LogP contribution in [0, 0.1) is 0 Å². The summed E-state index contributed by atoms with van der Waals surface area (Å²) >= 11 is 0. The van der Waals surface area contributed by atoms with Gasteiger partial charge in [-0.3, -0.25) is 4.79 Å². The summed E-state index contributed by atoms with van der Waals surface area (Å²) in [4.78, 5) is 18.8. The summed E-state index contributed by atoms with van der Waals surface area (Å²) in [5.41, 5.74) is 4.23. The molecule has 2 aromatic carbocycles. The molecule has 0 bridgehead atoms. The van der Waals surface area contributed by atoms with E-state index in [-0.39, 0.29) is 0 Å². The summed E-state index contributed by atoms with van der Waals surface area (Å²) in [7, 11) is 1.64. The van der Waals surface area contributed by atoms with Crippen molar-refractivity contribution >= 4 is 22.9 Å². The molecule has 0 aliphatic carbocycles. The van der Waals surface area contributed by atoms with Gasteiger partial charge in [0.15, 0.2) is 6.29 Å². The SMILES string of the molecule is COc1cccc(-c2cc(C=O)c3cc(N4CCOCC4)ccc3n2)c1. The van der Waals surface area contributed by atoms with Gasteiger partial charge in [-0.2, -0.15) is 0 Å². The smallest absolute Gasteiger partial charge is 0.150 e. The fraction of sp³-hybridized carbons (Fsp3) is 0.238. The van der Waals surface area contributed by atoms with Crippen LogP contribution in [-0.4, -0.2) is 44.7 Å². The maximum atomic E-state index is 11.7. The third-order valence-electron chi connectivity index (χ3n) is 4.69. The Bertz CT molecular complexity index is 949. The molecule has 0 amide bonds. The number of anilines is 1. The van der Waals surface area contributed by atoms with E-state index in [1.54, 1.807) is 7.11 Å².